The number of rotatable bonds is 5. The molecule has 3 aromatic rings. The lowest BCUT2D eigenvalue weighted by Crippen LogP contribution is -2.32. The van der Waals surface area contributed by atoms with Crippen molar-refractivity contribution in [3.8, 4) is 5.69 Å². The van der Waals surface area contributed by atoms with Gasteiger partial charge < -0.3 is 5.32 Å². The summed E-state index contributed by atoms with van der Waals surface area (Å²) in [5.74, 6) is -0.0678. The molecule has 0 spiro atoms. The van der Waals surface area contributed by atoms with E-state index in [9.17, 15) is 9.59 Å². The van der Waals surface area contributed by atoms with Gasteiger partial charge in [-0.25, -0.2) is 4.98 Å². The molecule has 0 unspecified atom stereocenters. The van der Waals surface area contributed by atoms with Gasteiger partial charge in [-0.3, -0.25) is 18.7 Å². The molecule has 136 valence electrons. The SMILES string of the molecule is Cc1c(C)n(-c2ccccc2)c2ncn(CCC(=O)NC(C)C)c(=O)c12. The molecule has 6 nitrogen and oxygen atoms in total. The molecule has 1 N–H and O–H groups in total. The van der Waals surface area contributed by atoms with E-state index in [-0.39, 0.29) is 23.9 Å². The third-order valence-electron chi connectivity index (χ3n) is 4.53. The van der Waals surface area contributed by atoms with Crippen molar-refractivity contribution in [2.45, 2.75) is 46.7 Å². The first-order chi connectivity index (χ1) is 12.4. The average Bonchev–Trinajstić information content (AvgIpc) is 2.86. The van der Waals surface area contributed by atoms with Gasteiger partial charge in [0.15, 0.2) is 5.65 Å². The molecular formula is C20H24N4O2. The molecule has 26 heavy (non-hydrogen) atoms. The number of hydrogen-bond donors (Lipinski definition) is 1. The van der Waals surface area contributed by atoms with Crippen molar-refractivity contribution in [1.82, 2.24) is 19.4 Å². The highest BCUT2D eigenvalue weighted by molar-refractivity contribution is 5.83. The van der Waals surface area contributed by atoms with Crippen molar-refractivity contribution in [1.29, 1.82) is 0 Å². The molecule has 3 rings (SSSR count). The van der Waals surface area contributed by atoms with Crippen LogP contribution < -0.4 is 10.9 Å². The Kier molecular flexibility index (Phi) is 4.93. The van der Waals surface area contributed by atoms with Gasteiger partial charge in [0.2, 0.25) is 5.91 Å². The zero-order valence-electron chi connectivity index (χ0n) is 15.6. The van der Waals surface area contributed by atoms with Gasteiger partial charge in [0.1, 0.15) is 0 Å². The molecule has 0 aliphatic rings. The Morgan fingerprint density at radius 1 is 1.19 bits per heavy atom. The Morgan fingerprint density at radius 3 is 2.54 bits per heavy atom. The van der Waals surface area contributed by atoms with Crippen LogP contribution in [-0.2, 0) is 11.3 Å². The second kappa shape index (κ2) is 7.15. The van der Waals surface area contributed by atoms with Crippen LogP contribution in [0.25, 0.3) is 16.7 Å². The van der Waals surface area contributed by atoms with Crippen LogP contribution in [0.5, 0.6) is 0 Å². The van der Waals surface area contributed by atoms with E-state index >= 15 is 0 Å². The number of aromatic nitrogens is 3. The predicted molar refractivity (Wildman–Crippen MR) is 103 cm³/mol. The Hall–Kier alpha value is -2.89. The van der Waals surface area contributed by atoms with Crippen LogP contribution >= 0.6 is 0 Å². The number of nitrogens with one attached hydrogen (secondary N) is 1. The van der Waals surface area contributed by atoms with E-state index in [0.717, 1.165) is 16.9 Å². The van der Waals surface area contributed by atoms with Crippen LogP contribution in [-0.4, -0.2) is 26.1 Å². The molecule has 6 heteroatoms. The summed E-state index contributed by atoms with van der Waals surface area (Å²) in [4.78, 5) is 29.4. The smallest absolute Gasteiger partial charge is 0.263 e. The lowest BCUT2D eigenvalue weighted by atomic mass is 10.2. The standard InChI is InChI=1S/C20H24N4O2/c1-13(2)22-17(25)10-11-23-12-21-19-18(20(23)26)14(3)15(4)24(19)16-8-6-5-7-9-16/h5-9,12-13H,10-11H2,1-4H3,(H,22,25). The highest BCUT2D eigenvalue weighted by atomic mass is 16.2. The molecule has 0 saturated carbocycles. The number of benzene rings is 1. The number of carbonyl (C=O) groups excluding carboxylic acids is 1. The van der Waals surface area contributed by atoms with Crippen molar-refractivity contribution in [3.05, 3.63) is 58.3 Å². The fourth-order valence-electron chi connectivity index (χ4n) is 3.15. The number of hydrogen-bond acceptors (Lipinski definition) is 3. The van der Waals surface area contributed by atoms with Crippen LogP contribution in [0, 0.1) is 13.8 Å². The van der Waals surface area contributed by atoms with Gasteiger partial charge in [-0.15, -0.1) is 0 Å². The molecule has 2 aromatic heterocycles. The molecule has 0 atom stereocenters. The summed E-state index contributed by atoms with van der Waals surface area (Å²) < 4.78 is 3.52. The summed E-state index contributed by atoms with van der Waals surface area (Å²) in [6, 6.07) is 9.96. The lowest BCUT2D eigenvalue weighted by Gasteiger charge is -2.10. The van der Waals surface area contributed by atoms with E-state index in [2.05, 4.69) is 10.3 Å². The summed E-state index contributed by atoms with van der Waals surface area (Å²) >= 11 is 0. The average molecular weight is 352 g/mol. The normalized spacial score (nSPS) is 11.3. The van der Waals surface area contributed by atoms with Crippen molar-refractivity contribution in [3.63, 3.8) is 0 Å². The van der Waals surface area contributed by atoms with Crippen LogP contribution in [0.3, 0.4) is 0 Å². The molecule has 0 radical (unpaired) electrons. The van der Waals surface area contributed by atoms with Crippen molar-refractivity contribution < 1.29 is 4.79 Å². The molecule has 0 aliphatic carbocycles. The lowest BCUT2D eigenvalue weighted by molar-refractivity contribution is -0.121. The Labute approximate surface area is 152 Å². The monoisotopic (exact) mass is 352 g/mol. The van der Waals surface area contributed by atoms with Gasteiger partial charge >= 0.3 is 0 Å². The number of amides is 1. The first-order valence-electron chi connectivity index (χ1n) is 8.82. The zero-order valence-corrected chi connectivity index (χ0v) is 15.6. The largest absolute Gasteiger partial charge is 0.354 e. The summed E-state index contributed by atoms with van der Waals surface area (Å²) in [6.45, 7) is 8.07. The molecule has 1 amide bonds. The molecule has 1 aromatic carbocycles. The molecule has 0 aliphatic heterocycles. The van der Waals surface area contributed by atoms with E-state index in [1.54, 1.807) is 0 Å². The summed E-state index contributed by atoms with van der Waals surface area (Å²) in [5.41, 5.74) is 3.43. The number of carbonyl (C=O) groups is 1. The third-order valence-corrected chi connectivity index (χ3v) is 4.53. The second-order valence-electron chi connectivity index (χ2n) is 6.80. The first kappa shape index (κ1) is 17.9. The van der Waals surface area contributed by atoms with Gasteiger partial charge in [-0.1, -0.05) is 18.2 Å². The van der Waals surface area contributed by atoms with E-state index in [4.69, 9.17) is 0 Å². The number of nitrogens with zero attached hydrogens (tertiary/aromatic N) is 3. The molecule has 2 heterocycles. The Balaban J connectivity index is 2.02. The van der Waals surface area contributed by atoms with Gasteiger partial charge in [-0.05, 0) is 45.4 Å². The highest BCUT2D eigenvalue weighted by Gasteiger charge is 2.18. The molecule has 0 fully saturated rings. The van der Waals surface area contributed by atoms with E-state index in [1.807, 2.05) is 62.6 Å². The van der Waals surface area contributed by atoms with Gasteiger partial charge in [-0.2, -0.15) is 0 Å². The van der Waals surface area contributed by atoms with Crippen molar-refractivity contribution in [2.24, 2.45) is 0 Å². The predicted octanol–water partition coefficient (Wildman–Crippen LogP) is 2.72. The number of fused-ring (bicyclic) bond motifs is 1. The molecule has 0 saturated heterocycles. The van der Waals surface area contributed by atoms with E-state index in [0.29, 0.717) is 17.6 Å². The minimum absolute atomic E-state index is 0.0678. The molecule has 0 bridgehead atoms. The Bertz CT molecular complexity index is 1000. The quantitative estimate of drug-likeness (QED) is 0.768. The first-order valence-corrected chi connectivity index (χ1v) is 8.82. The van der Waals surface area contributed by atoms with Gasteiger partial charge in [0.25, 0.3) is 5.56 Å². The topological polar surface area (TPSA) is 68.9 Å². The maximum absolute atomic E-state index is 13.0. The van der Waals surface area contributed by atoms with Crippen LogP contribution in [0.1, 0.15) is 31.5 Å². The summed E-state index contributed by atoms with van der Waals surface area (Å²) in [7, 11) is 0. The number of aryl methyl sites for hydroxylation is 2. The van der Waals surface area contributed by atoms with Crippen LogP contribution in [0.15, 0.2) is 41.5 Å². The summed E-state index contributed by atoms with van der Waals surface area (Å²) in [6.07, 6.45) is 1.79. The van der Waals surface area contributed by atoms with Gasteiger partial charge in [0, 0.05) is 30.4 Å². The minimum Gasteiger partial charge on any atom is -0.354 e. The van der Waals surface area contributed by atoms with Gasteiger partial charge in [0.05, 0.1) is 11.7 Å². The zero-order chi connectivity index (χ0) is 18.8. The maximum atomic E-state index is 13.0. The van der Waals surface area contributed by atoms with Crippen molar-refractivity contribution in [2.75, 3.05) is 0 Å². The van der Waals surface area contributed by atoms with Crippen LogP contribution in [0.2, 0.25) is 0 Å². The van der Waals surface area contributed by atoms with Crippen LogP contribution in [0.4, 0.5) is 0 Å². The van der Waals surface area contributed by atoms with E-state index < -0.39 is 0 Å². The second-order valence-corrected chi connectivity index (χ2v) is 6.80. The Morgan fingerprint density at radius 2 is 1.88 bits per heavy atom. The highest BCUT2D eigenvalue weighted by Crippen LogP contribution is 2.24. The van der Waals surface area contributed by atoms with Crippen molar-refractivity contribution >= 4 is 16.9 Å². The molecular weight excluding hydrogens is 328 g/mol. The summed E-state index contributed by atoms with van der Waals surface area (Å²) in [5, 5.41) is 3.45. The fraction of sp³-hybridized carbons (Fsp3) is 0.350. The third kappa shape index (κ3) is 3.27. The van der Waals surface area contributed by atoms with E-state index in [1.165, 1.54) is 10.9 Å². The minimum atomic E-state index is -0.109. The fourth-order valence-corrected chi connectivity index (χ4v) is 3.15. The maximum Gasteiger partial charge on any atom is 0.263 e. The number of para-hydroxylation sites is 1.